The lowest BCUT2D eigenvalue weighted by atomic mass is 10.1. The van der Waals surface area contributed by atoms with Crippen molar-refractivity contribution in [3.05, 3.63) is 0 Å². The van der Waals surface area contributed by atoms with E-state index in [0.29, 0.717) is 19.6 Å². The summed E-state index contributed by atoms with van der Waals surface area (Å²) in [6.07, 6.45) is 0.983. The second kappa shape index (κ2) is 6.59. The lowest BCUT2D eigenvalue weighted by molar-refractivity contribution is -0.139. The van der Waals surface area contributed by atoms with Crippen molar-refractivity contribution in [1.29, 1.82) is 0 Å². The van der Waals surface area contributed by atoms with Crippen molar-refractivity contribution in [2.24, 2.45) is 11.8 Å². The minimum Gasteiger partial charge on any atom is -0.481 e. The lowest BCUT2D eigenvalue weighted by Gasteiger charge is -2.21. The Kier molecular flexibility index (Phi) is 5.41. The van der Waals surface area contributed by atoms with E-state index in [1.807, 2.05) is 13.8 Å². The fourth-order valence-corrected chi connectivity index (χ4v) is 2.21. The van der Waals surface area contributed by atoms with Crippen LogP contribution < -0.4 is 5.32 Å². The van der Waals surface area contributed by atoms with Crippen LogP contribution in [0.4, 0.5) is 0 Å². The van der Waals surface area contributed by atoms with Gasteiger partial charge < -0.3 is 15.3 Å². The van der Waals surface area contributed by atoms with Crippen molar-refractivity contribution in [1.82, 2.24) is 10.2 Å². The summed E-state index contributed by atoms with van der Waals surface area (Å²) in [6.45, 7) is 6.77. The number of rotatable bonds is 6. The van der Waals surface area contributed by atoms with Crippen LogP contribution in [0, 0.1) is 11.8 Å². The molecule has 1 aliphatic heterocycles. The molecule has 1 heterocycles. The Labute approximate surface area is 102 Å². The Hall–Kier alpha value is -1.10. The first-order valence-electron chi connectivity index (χ1n) is 6.25. The van der Waals surface area contributed by atoms with Gasteiger partial charge in [-0.2, -0.15) is 0 Å². The number of amides is 1. The zero-order chi connectivity index (χ0) is 12.8. The minimum atomic E-state index is -0.773. The van der Waals surface area contributed by atoms with Crippen LogP contribution in [0.1, 0.15) is 26.7 Å². The number of nitrogens with zero attached hydrogens (tertiary/aromatic N) is 1. The monoisotopic (exact) mass is 242 g/mol. The SMILES string of the molecule is CCNCC(C)C(=O)N1CCC(CC(=O)O)C1. The molecule has 1 aliphatic rings. The molecule has 1 fully saturated rings. The molecule has 2 unspecified atom stereocenters. The number of carboxylic acids is 1. The Bertz CT molecular complexity index is 281. The van der Waals surface area contributed by atoms with Crippen molar-refractivity contribution in [3.63, 3.8) is 0 Å². The molecule has 0 aromatic heterocycles. The summed E-state index contributed by atoms with van der Waals surface area (Å²) in [7, 11) is 0. The summed E-state index contributed by atoms with van der Waals surface area (Å²) in [5, 5.41) is 11.9. The average Bonchev–Trinajstić information content (AvgIpc) is 2.72. The summed E-state index contributed by atoms with van der Waals surface area (Å²) in [4.78, 5) is 24.4. The van der Waals surface area contributed by atoms with Gasteiger partial charge in [-0.15, -0.1) is 0 Å². The first-order chi connectivity index (χ1) is 8.04. The molecule has 17 heavy (non-hydrogen) atoms. The highest BCUT2D eigenvalue weighted by molar-refractivity contribution is 5.79. The van der Waals surface area contributed by atoms with E-state index in [0.717, 1.165) is 13.0 Å². The Morgan fingerprint density at radius 1 is 1.53 bits per heavy atom. The number of likely N-dealkylation sites (tertiary alicyclic amines) is 1. The van der Waals surface area contributed by atoms with Crippen LogP contribution in [-0.4, -0.2) is 48.1 Å². The molecule has 0 aliphatic carbocycles. The number of carbonyl (C=O) groups excluding carboxylic acids is 1. The van der Waals surface area contributed by atoms with Crippen molar-refractivity contribution in [2.75, 3.05) is 26.2 Å². The van der Waals surface area contributed by atoms with Crippen LogP contribution in [0.5, 0.6) is 0 Å². The molecule has 5 nitrogen and oxygen atoms in total. The molecule has 0 aromatic carbocycles. The van der Waals surface area contributed by atoms with E-state index in [1.54, 1.807) is 4.90 Å². The third-order valence-electron chi connectivity index (χ3n) is 3.18. The highest BCUT2D eigenvalue weighted by atomic mass is 16.4. The fourth-order valence-electron chi connectivity index (χ4n) is 2.21. The van der Waals surface area contributed by atoms with Gasteiger partial charge >= 0.3 is 5.97 Å². The summed E-state index contributed by atoms with van der Waals surface area (Å²) in [5.74, 6) is -0.537. The van der Waals surface area contributed by atoms with E-state index in [4.69, 9.17) is 5.11 Å². The van der Waals surface area contributed by atoms with Crippen LogP contribution in [-0.2, 0) is 9.59 Å². The van der Waals surface area contributed by atoms with Crippen molar-refractivity contribution >= 4 is 11.9 Å². The van der Waals surface area contributed by atoms with Crippen molar-refractivity contribution < 1.29 is 14.7 Å². The molecule has 0 bridgehead atoms. The fraction of sp³-hybridized carbons (Fsp3) is 0.833. The Morgan fingerprint density at radius 2 is 2.24 bits per heavy atom. The highest BCUT2D eigenvalue weighted by Crippen LogP contribution is 2.21. The molecule has 98 valence electrons. The topological polar surface area (TPSA) is 69.6 Å². The molecule has 5 heteroatoms. The van der Waals surface area contributed by atoms with Crippen LogP contribution in [0.3, 0.4) is 0 Å². The van der Waals surface area contributed by atoms with E-state index in [1.165, 1.54) is 0 Å². The molecule has 2 atom stereocenters. The predicted molar refractivity (Wildman–Crippen MR) is 64.6 cm³/mol. The summed E-state index contributed by atoms with van der Waals surface area (Å²) in [5.41, 5.74) is 0. The van der Waals surface area contributed by atoms with Gasteiger partial charge in [-0.1, -0.05) is 13.8 Å². The number of aliphatic carboxylic acids is 1. The van der Waals surface area contributed by atoms with Crippen LogP contribution >= 0.6 is 0 Å². The normalized spacial score (nSPS) is 21.5. The smallest absolute Gasteiger partial charge is 0.303 e. The Morgan fingerprint density at radius 3 is 2.82 bits per heavy atom. The van der Waals surface area contributed by atoms with Crippen molar-refractivity contribution in [2.45, 2.75) is 26.7 Å². The minimum absolute atomic E-state index is 0.0291. The van der Waals surface area contributed by atoms with Gasteiger partial charge in [-0.05, 0) is 18.9 Å². The third-order valence-corrected chi connectivity index (χ3v) is 3.18. The maximum Gasteiger partial charge on any atom is 0.303 e. The zero-order valence-electron chi connectivity index (χ0n) is 10.6. The average molecular weight is 242 g/mol. The lowest BCUT2D eigenvalue weighted by Crippen LogP contribution is -2.37. The molecule has 0 aromatic rings. The summed E-state index contributed by atoms with van der Waals surface area (Å²) < 4.78 is 0. The largest absolute Gasteiger partial charge is 0.481 e. The molecular formula is C12H22N2O3. The van der Waals surface area contributed by atoms with Gasteiger partial charge in [0.2, 0.25) is 5.91 Å². The van der Waals surface area contributed by atoms with E-state index in [2.05, 4.69) is 5.32 Å². The summed E-state index contributed by atoms with van der Waals surface area (Å²) >= 11 is 0. The van der Waals surface area contributed by atoms with E-state index in [9.17, 15) is 9.59 Å². The number of carboxylic acid groups (broad SMARTS) is 1. The van der Waals surface area contributed by atoms with E-state index < -0.39 is 5.97 Å². The summed E-state index contributed by atoms with van der Waals surface area (Å²) in [6, 6.07) is 0. The van der Waals surface area contributed by atoms with Gasteiger partial charge in [-0.25, -0.2) is 0 Å². The number of carbonyl (C=O) groups is 2. The standard InChI is InChI=1S/C12H22N2O3/c1-3-13-7-9(2)12(17)14-5-4-10(8-14)6-11(15)16/h9-10,13H,3-8H2,1-2H3,(H,15,16). The molecule has 1 saturated heterocycles. The van der Waals surface area contributed by atoms with Gasteiger partial charge in [0.1, 0.15) is 0 Å². The maximum absolute atomic E-state index is 12.0. The second-order valence-electron chi connectivity index (χ2n) is 4.75. The van der Waals surface area contributed by atoms with Crippen LogP contribution in [0.25, 0.3) is 0 Å². The first-order valence-corrected chi connectivity index (χ1v) is 6.25. The maximum atomic E-state index is 12.0. The van der Waals surface area contributed by atoms with Gasteiger partial charge in [0.05, 0.1) is 0 Å². The van der Waals surface area contributed by atoms with E-state index in [-0.39, 0.29) is 24.2 Å². The van der Waals surface area contributed by atoms with Crippen molar-refractivity contribution in [3.8, 4) is 0 Å². The predicted octanol–water partition coefficient (Wildman–Crippen LogP) is 0.555. The first kappa shape index (κ1) is 14.0. The number of nitrogens with one attached hydrogen (secondary N) is 1. The quantitative estimate of drug-likeness (QED) is 0.714. The second-order valence-corrected chi connectivity index (χ2v) is 4.75. The van der Waals surface area contributed by atoms with Crippen LogP contribution in [0.15, 0.2) is 0 Å². The molecular weight excluding hydrogens is 220 g/mol. The van der Waals surface area contributed by atoms with Crippen LogP contribution in [0.2, 0.25) is 0 Å². The molecule has 1 rings (SSSR count). The molecule has 2 N–H and O–H groups in total. The Balaban J connectivity index is 2.36. The van der Waals surface area contributed by atoms with Gasteiger partial charge in [0, 0.05) is 32.0 Å². The molecule has 0 spiro atoms. The van der Waals surface area contributed by atoms with E-state index >= 15 is 0 Å². The van der Waals surface area contributed by atoms with Gasteiger partial charge in [-0.3, -0.25) is 9.59 Å². The van der Waals surface area contributed by atoms with Gasteiger partial charge in [0.25, 0.3) is 0 Å². The third kappa shape index (κ3) is 4.34. The highest BCUT2D eigenvalue weighted by Gasteiger charge is 2.29. The number of hydrogen-bond acceptors (Lipinski definition) is 3. The van der Waals surface area contributed by atoms with Gasteiger partial charge in [0.15, 0.2) is 0 Å². The molecule has 0 saturated carbocycles. The number of hydrogen-bond donors (Lipinski definition) is 2. The molecule has 0 radical (unpaired) electrons. The zero-order valence-corrected chi connectivity index (χ0v) is 10.6. The molecule has 1 amide bonds.